The van der Waals surface area contributed by atoms with Crippen LogP contribution in [0, 0.1) is 5.92 Å². The van der Waals surface area contributed by atoms with E-state index in [9.17, 15) is 8.42 Å². The molecule has 4 nitrogen and oxygen atoms in total. The molecule has 1 heterocycles. The quantitative estimate of drug-likeness (QED) is 0.752. The fourth-order valence-corrected chi connectivity index (χ4v) is 4.85. The van der Waals surface area contributed by atoms with E-state index in [0.29, 0.717) is 17.2 Å². The number of nitrogens with one attached hydrogen (secondary N) is 1. The van der Waals surface area contributed by atoms with E-state index in [1.165, 1.54) is 11.3 Å². The summed E-state index contributed by atoms with van der Waals surface area (Å²) in [5.74, 6) is 0.193. The maximum Gasteiger partial charge on any atom is 0.250 e. The molecule has 1 aromatic heterocycles. The van der Waals surface area contributed by atoms with Crippen LogP contribution >= 0.6 is 27.3 Å². The number of hydrogen-bond acceptors (Lipinski definition) is 4. The van der Waals surface area contributed by atoms with Crippen LogP contribution in [-0.2, 0) is 10.0 Å². The number of aliphatic hydroxyl groups excluding tert-OH is 1. The highest BCUT2D eigenvalue weighted by molar-refractivity contribution is 9.11. The fraction of sp³-hybridized carbons (Fsp3) is 0.636. The van der Waals surface area contributed by atoms with Crippen molar-refractivity contribution in [3.8, 4) is 0 Å². The number of sulfonamides is 1. The van der Waals surface area contributed by atoms with E-state index in [0.717, 1.165) is 16.6 Å². The van der Waals surface area contributed by atoms with Crippen molar-refractivity contribution in [3.63, 3.8) is 0 Å². The van der Waals surface area contributed by atoms with Gasteiger partial charge >= 0.3 is 0 Å². The van der Waals surface area contributed by atoms with Crippen molar-refractivity contribution < 1.29 is 13.5 Å². The number of hydrogen-bond donors (Lipinski definition) is 2. The first-order valence-corrected chi connectivity index (χ1v) is 8.94. The van der Waals surface area contributed by atoms with E-state index in [4.69, 9.17) is 5.11 Å². The second-order valence-corrected chi connectivity index (χ2v) is 8.53. The standard InChI is InChI=1S/C11H18BrNO3S2/c1-2-3-9(6-7-14)8-13-18(15,16)11-5-4-10(12)17-11/h4-5,9,13-14H,2-3,6-8H2,1H3. The minimum Gasteiger partial charge on any atom is -0.396 e. The van der Waals surface area contributed by atoms with Crippen LogP contribution < -0.4 is 4.72 Å². The lowest BCUT2D eigenvalue weighted by Gasteiger charge is -2.15. The van der Waals surface area contributed by atoms with Gasteiger partial charge in [-0.2, -0.15) is 0 Å². The van der Waals surface area contributed by atoms with Crippen LogP contribution in [0.2, 0.25) is 0 Å². The lowest BCUT2D eigenvalue weighted by atomic mass is 10.0. The predicted molar refractivity (Wildman–Crippen MR) is 77.3 cm³/mol. The second kappa shape index (κ2) is 7.59. The molecule has 1 aromatic rings. The first-order valence-electron chi connectivity index (χ1n) is 5.85. The van der Waals surface area contributed by atoms with Gasteiger partial charge in [0.1, 0.15) is 4.21 Å². The minimum atomic E-state index is -3.41. The highest BCUT2D eigenvalue weighted by Gasteiger charge is 2.18. The lowest BCUT2D eigenvalue weighted by Crippen LogP contribution is -2.29. The van der Waals surface area contributed by atoms with Crippen LogP contribution in [0.1, 0.15) is 26.2 Å². The number of halogens is 1. The van der Waals surface area contributed by atoms with Gasteiger partial charge in [0.2, 0.25) is 10.0 Å². The summed E-state index contributed by atoms with van der Waals surface area (Å²) in [4.78, 5) is 0. The second-order valence-electron chi connectivity index (χ2n) is 4.08. The summed E-state index contributed by atoms with van der Waals surface area (Å²) >= 11 is 4.44. The Labute approximate surface area is 121 Å². The summed E-state index contributed by atoms with van der Waals surface area (Å²) in [5, 5.41) is 8.93. The Bertz CT molecular complexity index is 453. The smallest absolute Gasteiger partial charge is 0.250 e. The van der Waals surface area contributed by atoms with Crippen LogP contribution in [0.25, 0.3) is 0 Å². The van der Waals surface area contributed by atoms with Gasteiger partial charge in [0.25, 0.3) is 0 Å². The van der Waals surface area contributed by atoms with E-state index >= 15 is 0 Å². The molecule has 0 amide bonds. The normalized spacial score (nSPS) is 13.7. The molecule has 7 heteroatoms. The van der Waals surface area contributed by atoms with Gasteiger partial charge in [-0.25, -0.2) is 13.1 Å². The summed E-state index contributed by atoms with van der Waals surface area (Å²) in [6.45, 7) is 2.53. The van der Waals surface area contributed by atoms with E-state index in [-0.39, 0.29) is 12.5 Å². The molecule has 0 aliphatic carbocycles. The SMILES string of the molecule is CCCC(CCO)CNS(=O)(=O)c1ccc(Br)s1. The molecule has 18 heavy (non-hydrogen) atoms. The first kappa shape index (κ1) is 16.1. The van der Waals surface area contributed by atoms with Crippen molar-refractivity contribution >= 4 is 37.3 Å². The third-order valence-corrected chi connectivity index (χ3v) is 6.15. The van der Waals surface area contributed by atoms with Gasteiger partial charge in [-0.1, -0.05) is 13.3 Å². The molecule has 104 valence electrons. The highest BCUT2D eigenvalue weighted by atomic mass is 79.9. The molecule has 0 fully saturated rings. The third-order valence-electron chi connectivity index (χ3n) is 2.61. The predicted octanol–water partition coefficient (Wildman–Crippen LogP) is 2.59. The highest BCUT2D eigenvalue weighted by Crippen LogP contribution is 2.26. The summed E-state index contributed by atoms with van der Waals surface area (Å²) in [7, 11) is -3.41. The molecule has 2 N–H and O–H groups in total. The molecule has 0 saturated carbocycles. The minimum absolute atomic E-state index is 0.0942. The van der Waals surface area contributed by atoms with Gasteiger partial charge in [-0.15, -0.1) is 11.3 Å². The van der Waals surface area contributed by atoms with E-state index in [1.54, 1.807) is 12.1 Å². The Kier molecular flexibility index (Phi) is 6.79. The molecule has 0 aromatic carbocycles. The van der Waals surface area contributed by atoms with Crippen LogP contribution in [0.5, 0.6) is 0 Å². The van der Waals surface area contributed by atoms with Crippen LogP contribution in [0.15, 0.2) is 20.1 Å². The van der Waals surface area contributed by atoms with E-state index in [1.807, 2.05) is 0 Å². The fourth-order valence-electron chi connectivity index (χ4n) is 1.68. The molecular weight excluding hydrogens is 338 g/mol. The maximum absolute atomic E-state index is 12.0. The van der Waals surface area contributed by atoms with Gasteiger partial charge in [0.15, 0.2) is 0 Å². The summed E-state index contributed by atoms with van der Waals surface area (Å²) < 4.78 is 27.7. The van der Waals surface area contributed by atoms with E-state index in [2.05, 4.69) is 27.6 Å². The molecule has 1 unspecified atom stereocenters. The molecule has 0 aliphatic heterocycles. The zero-order valence-corrected chi connectivity index (χ0v) is 13.4. The third kappa shape index (κ3) is 4.97. The molecule has 0 aliphatic rings. The molecule has 0 bridgehead atoms. The molecule has 1 atom stereocenters. The lowest BCUT2D eigenvalue weighted by molar-refractivity contribution is 0.251. The van der Waals surface area contributed by atoms with Crippen molar-refractivity contribution in [3.05, 3.63) is 15.9 Å². The Morgan fingerprint density at radius 3 is 2.67 bits per heavy atom. The molecule has 0 radical (unpaired) electrons. The van der Waals surface area contributed by atoms with Gasteiger partial charge < -0.3 is 5.11 Å². The summed E-state index contributed by atoms with van der Waals surface area (Å²) in [5.41, 5.74) is 0. The topological polar surface area (TPSA) is 66.4 Å². The largest absolute Gasteiger partial charge is 0.396 e. The van der Waals surface area contributed by atoms with Gasteiger partial charge in [-0.05, 0) is 46.8 Å². The van der Waals surface area contributed by atoms with Crippen LogP contribution in [0.3, 0.4) is 0 Å². The van der Waals surface area contributed by atoms with Crippen molar-refractivity contribution in [1.29, 1.82) is 0 Å². The average Bonchev–Trinajstić information content (AvgIpc) is 2.74. The van der Waals surface area contributed by atoms with Crippen LogP contribution in [-0.4, -0.2) is 26.7 Å². The monoisotopic (exact) mass is 355 g/mol. The summed E-state index contributed by atoms with van der Waals surface area (Å²) in [6, 6.07) is 3.30. The molecule has 0 spiro atoms. The summed E-state index contributed by atoms with van der Waals surface area (Å²) in [6.07, 6.45) is 2.53. The zero-order chi connectivity index (χ0) is 13.6. The average molecular weight is 356 g/mol. The van der Waals surface area contributed by atoms with Gasteiger partial charge in [-0.3, -0.25) is 0 Å². The first-order chi connectivity index (χ1) is 8.49. The van der Waals surface area contributed by atoms with Crippen molar-refractivity contribution in [2.45, 2.75) is 30.4 Å². The Balaban J connectivity index is 2.60. The Morgan fingerprint density at radius 1 is 1.44 bits per heavy atom. The van der Waals surface area contributed by atoms with Gasteiger partial charge in [0, 0.05) is 13.2 Å². The Hall–Kier alpha value is 0.0500. The maximum atomic E-state index is 12.0. The molecular formula is C11H18BrNO3S2. The zero-order valence-electron chi connectivity index (χ0n) is 10.2. The Morgan fingerprint density at radius 2 is 2.17 bits per heavy atom. The van der Waals surface area contributed by atoms with Crippen molar-refractivity contribution in [2.24, 2.45) is 5.92 Å². The van der Waals surface area contributed by atoms with Crippen molar-refractivity contribution in [2.75, 3.05) is 13.2 Å². The van der Waals surface area contributed by atoms with Crippen molar-refractivity contribution in [1.82, 2.24) is 4.72 Å². The number of aliphatic hydroxyl groups is 1. The molecule has 1 rings (SSSR count). The van der Waals surface area contributed by atoms with Crippen LogP contribution in [0.4, 0.5) is 0 Å². The number of thiophene rings is 1. The van der Waals surface area contributed by atoms with E-state index < -0.39 is 10.0 Å². The number of rotatable bonds is 8. The molecule has 0 saturated heterocycles. The van der Waals surface area contributed by atoms with Gasteiger partial charge in [0.05, 0.1) is 3.79 Å².